The molecule has 22 heavy (non-hydrogen) atoms. The summed E-state index contributed by atoms with van der Waals surface area (Å²) in [5, 5.41) is 2.63. The second kappa shape index (κ2) is 6.87. The molecule has 0 saturated carbocycles. The molecular formula is C20H25NO. The molecule has 3 aromatic rings. The van der Waals surface area contributed by atoms with E-state index in [4.69, 9.17) is 4.74 Å². The second-order valence-electron chi connectivity index (χ2n) is 5.88. The van der Waals surface area contributed by atoms with E-state index in [2.05, 4.69) is 60.9 Å². The van der Waals surface area contributed by atoms with Crippen LogP contribution in [0.5, 0.6) is 5.75 Å². The van der Waals surface area contributed by atoms with Gasteiger partial charge in [0.1, 0.15) is 5.75 Å². The number of nitrogens with zero attached hydrogens (tertiary/aromatic N) is 1. The van der Waals surface area contributed by atoms with Crippen molar-refractivity contribution in [3.8, 4) is 5.75 Å². The van der Waals surface area contributed by atoms with Crippen LogP contribution in [0.4, 0.5) is 0 Å². The van der Waals surface area contributed by atoms with E-state index in [1.165, 1.54) is 34.6 Å². The number of hydrogen-bond donors (Lipinski definition) is 0. The van der Waals surface area contributed by atoms with Crippen LogP contribution in [0, 0.1) is 0 Å². The van der Waals surface area contributed by atoms with E-state index in [0.717, 1.165) is 31.7 Å². The summed E-state index contributed by atoms with van der Waals surface area (Å²) < 4.78 is 8.53. The SMILES string of the molecule is CCCCOc1cccc2c3ccccc3n(CCCC)c12. The number of fused-ring (bicyclic) bond motifs is 3. The number of rotatable bonds is 7. The molecule has 0 N–H and O–H groups in total. The molecule has 2 aromatic carbocycles. The van der Waals surface area contributed by atoms with Gasteiger partial charge in [-0.3, -0.25) is 0 Å². The van der Waals surface area contributed by atoms with Gasteiger partial charge in [-0.25, -0.2) is 0 Å². The van der Waals surface area contributed by atoms with Crippen molar-refractivity contribution in [2.24, 2.45) is 0 Å². The molecule has 0 spiro atoms. The molecular weight excluding hydrogens is 270 g/mol. The standard InChI is InChI=1S/C20H25NO/c1-3-5-14-21-18-12-8-7-10-16(18)17-11-9-13-19(20(17)21)22-15-6-4-2/h7-13H,3-6,14-15H2,1-2H3. The van der Waals surface area contributed by atoms with Crippen LogP contribution < -0.4 is 4.74 Å². The molecule has 1 aromatic heterocycles. The summed E-state index contributed by atoms with van der Waals surface area (Å²) in [6.07, 6.45) is 4.66. The molecule has 3 rings (SSSR count). The monoisotopic (exact) mass is 295 g/mol. The lowest BCUT2D eigenvalue weighted by Crippen LogP contribution is -2.01. The van der Waals surface area contributed by atoms with Crippen LogP contribution >= 0.6 is 0 Å². The quantitative estimate of drug-likeness (QED) is 0.504. The van der Waals surface area contributed by atoms with E-state index in [1.54, 1.807) is 0 Å². The van der Waals surface area contributed by atoms with Crippen molar-refractivity contribution < 1.29 is 4.74 Å². The average Bonchev–Trinajstić information content (AvgIpc) is 2.88. The molecule has 0 aliphatic rings. The molecule has 1 heterocycles. The minimum Gasteiger partial charge on any atom is -0.491 e. The van der Waals surface area contributed by atoms with Crippen molar-refractivity contribution in [2.45, 2.75) is 46.1 Å². The van der Waals surface area contributed by atoms with Crippen LogP contribution in [-0.2, 0) is 6.54 Å². The number of aromatic nitrogens is 1. The Balaban J connectivity index is 2.16. The minimum atomic E-state index is 0.797. The topological polar surface area (TPSA) is 14.2 Å². The van der Waals surface area contributed by atoms with Gasteiger partial charge < -0.3 is 9.30 Å². The van der Waals surface area contributed by atoms with Gasteiger partial charge in [-0.15, -0.1) is 0 Å². The highest BCUT2D eigenvalue weighted by Crippen LogP contribution is 2.35. The number of benzene rings is 2. The second-order valence-corrected chi connectivity index (χ2v) is 5.88. The van der Waals surface area contributed by atoms with E-state index >= 15 is 0 Å². The Labute approximate surface area is 132 Å². The molecule has 0 aliphatic heterocycles. The molecule has 0 bridgehead atoms. The van der Waals surface area contributed by atoms with Crippen molar-refractivity contribution in [3.63, 3.8) is 0 Å². The highest BCUT2D eigenvalue weighted by atomic mass is 16.5. The Hall–Kier alpha value is -1.96. The maximum atomic E-state index is 6.09. The fourth-order valence-electron chi connectivity index (χ4n) is 3.07. The minimum absolute atomic E-state index is 0.797. The molecule has 0 radical (unpaired) electrons. The number of aryl methyl sites for hydroxylation is 1. The zero-order valence-corrected chi connectivity index (χ0v) is 13.6. The summed E-state index contributed by atoms with van der Waals surface area (Å²) in [7, 11) is 0. The van der Waals surface area contributed by atoms with E-state index in [1.807, 2.05) is 0 Å². The van der Waals surface area contributed by atoms with Gasteiger partial charge in [0.15, 0.2) is 0 Å². The Bertz CT molecular complexity index is 757. The zero-order chi connectivity index (χ0) is 15.4. The molecule has 2 nitrogen and oxygen atoms in total. The number of para-hydroxylation sites is 2. The van der Waals surface area contributed by atoms with Crippen LogP contribution in [0.3, 0.4) is 0 Å². The van der Waals surface area contributed by atoms with Crippen LogP contribution in [0.1, 0.15) is 39.5 Å². The van der Waals surface area contributed by atoms with Crippen molar-refractivity contribution in [1.29, 1.82) is 0 Å². The summed E-state index contributed by atoms with van der Waals surface area (Å²) in [5.74, 6) is 1.03. The summed E-state index contributed by atoms with van der Waals surface area (Å²) in [5.41, 5.74) is 2.57. The molecule has 2 heteroatoms. The summed E-state index contributed by atoms with van der Waals surface area (Å²) in [6, 6.07) is 15.1. The lowest BCUT2D eigenvalue weighted by atomic mass is 10.1. The van der Waals surface area contributed by atoms with Crippen molar-refractivity contribution in [3.05, 3.63) is 42.5 Å². The summed E-state index contributed by atoms with van der Waals surface area (Å²) >= 11 is 0. The van der Waals surface area contributed by atoms with E-state index < -0.39 is 0 Å². The van der Waals surface area contributed by atoms with Gasteiger partial charge in [0, 0.05) is 22.8 Å². The normalized spacial score (nSPS) is 11.4. The van der Waals surface area contributed by atoms with Gasteiger partial charge in [0.25, 0.3) is 0 Å². The predicted molar refractivity (Wildman–Crippen MR) is 94.8 cm³/mol. The van der Waals surface area contributed by atoms with Gasteiger partial charge in [-0.1, -0.05) is 57.0 Å². The van der Waals surface area contributed by atoms with Crippen molar-refractivity contribution >= 4 is 21.8 Å². The summed E-state index contributed by atoms with van der Waals surface area (Å²) in [4.78, 5) is 0. The van der Waals surface area contributed by atoms with Gasteiger partial charge >= 0.3 is 0 Å². The number of unbranched alkanes of at least 4 members (excludes halogenated alkanes) is 2. The van der Waals surface area contributed by atoms with Crippen LogP contribution in [-0.4, -0.2) is 11.2 Å². The van der Waals surface area contributed by atoms with Gasteiger partial charge in [-0.2, -0.15) is 0 Å². The lowest BCUT2D eigenvalue weighted by molar-refractivity contribution is 0.311. The third-order valence-electron chi connectivity index (χ3n) is 4.24. The Kier molecular flexibility index (Phi) is 4.67. The van der Waals surface area contributed by atoms with Crippen LogP contribution in [0.2, 0.25) is 0 Å². The van der Waals surface area contributed by atoms with Crippen molar-refractivity contribution in [1.82, 2.24) is 4.57 Å². The number of hydrogen-bond acceptors (Lipinski definition) is 1. The predicted octanol–water partition coefficient (Wildman–Crippen LogP) is 5.77. The van der Waals surface area contributed by atoms with Crippen LogP contribution in [0.25, 0.3) is 21.8 Å². The average molecular weight is 295 g/mol. The Morgan fingerprint density at radius 1 is 0.864 bits per heavy atom. The largest absolute Gasteiger partial charge is 0.491 e. The molecule has 0 unspecified atom stereocenters. The van der Waals surface area contributed by atoms with Gasteiger partial charge in [-0.05, 0) is 25.0 Å². The zero-order valence-electron chi connectivity index (χ0n) is 13.6. The number of ether oxygens (including phenoxy) is 1. The van der Waals surface area contributed by atoms with Crippen molar-refractivity contribution in [2.75, 3.05) is 6.61 Å². The summed E-state index contributed by atoms with van der Waals surface area (Å²) in [6.45, 7) is 6.29. The Morgan fingerprint density at radius 2 is 1.64 bits per heavy atom. The molecule has 0 atom stereocenters. The highest BCUT2D eigenvalue weighted by Gasteiger charge is 2.13. The molecule has 0 aliphatic carbocycles. The van der Waals surface area contributed by atoms with Crippen LogP contribution in [0.15, 0.2) is 42.5 Å². The molecule has 0 saturated heterocycles. The highest BCUT2D eigenvalue weighted by molar-refractivity contribution is 6.10. The molecule has 0 fully saturated rings. The fourth-order valence-corrected chi connectivity index (χ4v) is 3.07. The van der Waals surface area contributed by atoms with Gasteiger partial charge in [0.05, 0.1) is 12.1 Å². The van der Waals surface area contributed by atoms with E-state index in [-0.39, 0.29) is 0 Å². The maximum absolute atomic E-state index is 6.09. The molecule has 116 valence electrons. The van der Waals surface area contributed by atoms with E-state index in [0.29, 0.717) is 0 Å². The molecule has 0 amide bonds. The smallest absolute Gasteiger partial charge is 0.143 e. The first-order chi connectivity index (χ1) is 10.9. The maximum Gasteiger partial charge on any atom is 0.143 e. The fraction of sp³-hybridized carbons (Fsp3) is 0.400. The van der Waals surface area contributed by atoms with E-state index in [9.17, 15) is 0 Å². The first kappa shape index (κ1) is 15.0. The Morgan fingerprint density at radius 3 is 2.45 bits per heavy atom. The first-order valence-corrected chi connectivity index (χ1v) is 8.49. The third-order valence-corrected chi connectivity index (χ3v) is 4.24. The first-order valence-electron chi connectivity index (χ1n) is 8.49. The lowest BCUT2D eigenvalue weighted by Gasteiger charge is -2.11. The third kappa shape index (κ3) is 2.70. The van der Waals surface area contributed by atoms with Gasteiger partial charge in [0.2, 0.25) is 0 Å².